The van der Waals surface area contributed by atoms with Crippen molar-refractivity contribution in [1.82, 2.24) is 4.72 Å². The summed E-state index contributed by atoms with van der Waals surface area (Å²) in [7, 11) is -3.58. The van der Waals surface area contributed by atoms with Gasteiger partial charge in [0.25, 0.3) is 5.91 Å². The average Bonchev–Trinajstić information content (AvgIpc) is 3.56. The number of carbonyl (C=O) groups is 1. The minimum atomic E-state index is -3.58. The molecule has 4 rings (SSSR count). The molecule has 0 atom stereocenters. The predicted octanol–water partition coefficient (Wildman–Crippen LogP) is 4.17. The quantitative estimate of drug-likeness (QED) is 0.739. The van der Waals surface area contributed by atoms with Crippen molar-refractivity contribution >= 4 is 15.9 Å². The van der Waals surface area contributed by atoms with Crippen LogP contribution in [0.25, 0.3) is 0 Å². The summed E-state index contributed by atoms with van der Waals surface area (Å²) in [6.45, 7) is 2.72. The Labute approximate surface area is 168 Å². The highest BCUT2D eigenvalue weighted by molar-refractivity contribution is 7.89. The van der Waals surface area contributed by atoms with Crippen molar-refractivity contribution in [3.05, 3.63) is 28.8 Å². The Bertz CT molecular complexity index is 859. The molecule has 154 valence electrons. The van der Waals surface area contributed by atoms with E-state index >= 15 is 0 Å². The molecule has 28 heavy (non-hydrogen) atoms. The van der Waals surface area contributed by atoms with E-state index in [-0.39, 0.29) is 0 Å². The van der Waals surface area contributed by atoms with Crippen LogP contribution in [0.2, 0.25) is 0 Å². The molecular formula is C22H31NO4S. The zero-order valence-corrected chi connectivity index (χ0v) is 17.7. The third-order valence-electron chi connectivity index (χ3n) is 6.75. The number of hydrogen-bond donors (Lipinski definition) is 1. The third-order valence-corrected chi connectivity index (χ3v) is 7.31. The van der Waals surface area contributed by atoms with Crippen LogP contribution in [0.15, 0.2) is 12.1 Å². The Hall–Kier alpha value is -1.56. The molecule has 1 aromatic carbocycles. The van der Waals surface area contributed by atoms with Gasteiger partial charge in [-0.3, -0.25) is 4.79 Å². The van der Waals surface area contributed by atoms with Gasteiger partial charge < -0.3 is 4.74 Å². The van der Waals surface area contributed by atoms with E-state index in [4.69, 9.17) is 4.74 Å². The van der Waals surface area contributed by atoms with Crippen LogP contribution >= 0.6 is 0 Å². The zero-order chi connectivity index (χ0) is 19.9. The Morgan fingerprint density at radius 1 is 1.14 bits per heavy atom. The van der Waals surface area contributed by atoms with Crippen LogP contribution in [0.5, 0.6) is 5.75 Å². The molecule has 3 fully saturated rings. The van der Waals surface area contributed by atoms with Crippen LogP contribution in [0, 0.1) is 11.3 Å². The highest BCUT2D eigenvalue weighted by Crippen LogP contribution is 2.57. The van der Waals surface area contributed by atoms with Gasteiger partial charge in [0.05, 0.1) is 12.9 Å². The average molecular weight is 406 g/mol. The van der Waals surface area contributed by atoms with Crippen LogP contribution < -0.4 is 9.46 Å². The van der Waals surface area contributed by atoms with Gasteiger partial charge in [0.1, 0.15) is 5.75 Å². The summed E-state index contributed by atoms with van der Waals surface area (Å²) in [5.41, 5.74) is 3.04. The molecule has 1 aromatic rings. The summed E-state index contributed by atoms with van der Waals surface area (Å²) in [4.78, 5) is 12.5. The number of sulfonamides is 1. The second-order valence-corrected chi connectivity index (χ2v) is 10.9. The Balaban J connectivity index is 1.50. The standard InChI is InChI=1S/C22H31NO4S/c1-3-16-12-20(27-14-15-6-8-22(9-7-15)10-11-22)18(17-4-5-17)13-19(16)21(24)23-28(2,25)26/h12-13,15,17H,3-11,14H2,1-2H3,(H,23,24). The second-order valence-electron chi connectivity index (χ2n) is 9.13. The maximum absolute atomic E-state index is 12.5. The van der Waals surface area contributed by atoms with Crippen LogP contribution in [-0.4, -0.2) is 27.2 Å². The van der Waals surface area contributed by atoms with E-state index in [0.29, 0.717) is 29.2 Å². The first-order valence-corrected chi connectivity index (χ1v) is 12.5. The largest absolute Gasteiger partial charge is 0.493 e. The number of nitrogens with one attached hydrogen (secondary N) is 1. The van der Waals surface area contributed by atoms with Gasteiger partial charge in [0, 0.05) is 5.56 Å². The molecule has 0 aliphatic heterocycles. The Morgan fingerprint density at radius 2 is 1.82 bits per heavy atom. The summed E-state index contributed by atoms with van der Waals surface area (Å²) in [5.74, 6) is 1.39. The maximum Gasteiger partial charge on any atom is 0.265 e. The number of aryl methyl sites for hydroxylation is 1. The molecule has 0 heterocycles. The Morgan fingerprint density at radius 3 is 2.36 bits per heavy atom. The fraction of sp³-hybridized carbons (Fsp3) is 0.682. The zero-order valence-electron chi connectivity index (χ0n) is 16.9. The lowest BCUT2D eigenvalue weighted by Gasteiger charge is -2.28. The van der Waals surface area contributed by atoms with Crippen LogP contribution in [0.3, 0.4) is 0 Å². The maximum atomic E-state index is 12.5. The SMILES string of the molecule is CCc1cc(OCC2CCC3(CC2)CC3)c(C2CC2)cc1C(=O)NS(C)(=O)=O. The van der Waals surface area contributed by atoms with Crippen LogP contribution in [0.4, 0.5) is 0 Å². The first-order valence-electron chi connectivity index (χ1n) is 10.6. The fourth-order valence-electron chi connectivity index (χ4n) is 4.55. The number of ether oxygens (including phenoxy) is 1. The summed E-state index contributed by atoms with van der Waals surface area (Å²) >= 11 is 0. The van der Waals surface area contributed by atoms with Crippen molar-refractivity contribution in [2.45, 2.75) is 70.6 Å². The molecule has 6 heteroatoms. The number of rotatable bonds is 7. The number of carbonyl (C=O) groups excluding carboxylic acids is 1. The minimum Gasteiger partial charge on any atom is -0.493 e. The number of amides is 1. The van der Waals surface area contributed by atoms with Crippen molar-refractivity contribution in [2.75, 3.05) is 12.9 Å². The molecule has 5 nitrogen and oxygen atoms in total. The van der Waals surface area contributed by atoms with Gasteiger partial charge in [-0.25, -0.2) is 13.1 Å². The first-order chi connectivity index (χ1) is 13.3. The molecule has 3 aliphatic rings. The van der Waals surface area contributed by atoms with Gasteiger partial charge in [0.15, 0.2) is 0 Å². The van der Waals surface area contributed by atoms with Crippen LogP contribution in [0.1, 0.15) is 85.7 Å². The molecule has 0 unspecified atom stereocenters. The van der Waals surface area contributed by atoms with E-state index in [1.807, 2.05) is 19.1 Å². The van der Waals surface area contributed by atoms with Crippen molar-refractivity contribution < 1.29 is 17.9 Å². The normalized spacial score (nSPS) is 21.5. The van der Waals surface area contributed by atoms with Crippen LogP contribution in [-0.2, 0) is 16.4 Å². The van der Waals surface area contributed by atoms with E-state index < -0.39 is 15.9 Å². The molecule has 1 N–H and O–H groups in total. The topological polar surface area (TPSA) is 72.5 Å². The van der Waals surface area contributed by atoms with E-state index in [2.05, 4.69) is 4.72 Å². The second kappa shape index (κ2) is 7.36. The minimum absolute atomic E-state index is 0.423. The molecule has 3 aliphatic carbocycles. The first kappa shape index (κ1) is 19.7. The lowest BCUT2D eigenvalue weighted by atomic mass is 9.80. The predicted molar refractivity (Wildman–Crippen MR) is 109 cm³/mol. The monoisotopic (exact) mass is 405 g/mol. The molecule has 0 aromatic heterocycles. The molecule has 0 saturated heterocycles. The van der Waals surface area contributed by atoms with E-state index in [0.717, 1.165) is 42.6 Å². The summed E-state index contributed by atoms with van der Waals surface area (Å²) in [6, 6.07) is 3.84. The van der Waals surface area contributed by atoms with Gasteiger partial charge in [-0.2, -0.15) is 0 Å². The molecule has 1 spiro atoms. The van der Waals surface area contributed by atoms with Gasteiger partial charge in [-0.05, 0) is 98.3 Å². The molecular weight excluding hydrogens is 374 g/mol. The van der Waals surface area contributed by atoms with Crippen molar-refractivity contribution in [3.63, 3.8) is 0 Å². The number of benzene rings is 1. The van der Waals surface area contributed by atoms with Crippen molar-refractivity contribution in [1.29, 1.82) is 0 Å². The van der Waals surface area contributed by atoms with E-state index in [1.165, 1.54) is 38.5 Å². The van der Waals surface area contributed by atoms with Gasteiger partial charge >= 0.3 is 0 Å². The Kier molecular flexibility index (Phi) is 5.19. The van der Waals surface area contributed by atoms with Gasteiger partial charge in [0.2, 0.25) is 10.0 Å². The van der Waals surface area contributed by atoms with Gasteiger partial charge in [-0.15, -0.1) is 0 Å². The summed E-state index contributed by atoms with van der Waals surface area (Å²) in [6.07, 6.45) is 11.9. The molecule has 0 bridgehead atoms. The molecule has 1 amide bonds. The van der Waals surface area contributed by atoms with Crippen molar-refractivity contribution in [3.8, 4) is 5.75 Å². The van der Waals surface area contributed by atoms with Crippen molar-refractivity contribution in [2.24, 2.45) is 11.3 Å². The smallest absolute Gasteiger partial charge is 0.265 e. The third kappa shape index (κ3) is 4.53. The van der Waals surface area contributed by atoms with Gasteiger partial charge in [-0.1, -0.05) is 6.92 Å². The van der Waals surface area contributed by atoms with E-state index in [9.17, 15) is 13.2 Å². The summed E-state index contributed by atoms with van der Waals surface area (Å²) in [5, 5.41) is 0. The molecule has 3 saturated carbocycles. The summed E-state index contributed by atoms with van der Waals surface area (Å²) < 4.78 is 31.4. The lowest BCUT2D eigenvalue weighted by molar-refractivity contribution is 0.0980. The highest BCUT2D eigenvalue weighted by Gasteiger charge is 2.44. The highest BCUT2D eigenvalue weighted by atomic mass is 32.2. The lowest BCUT2D eigenvalue weighted by Crippen LogP contribution is -2.30. The molecule has 0 radical (unpaired) electrons. The van der Waals surface area contributed by atoms with E-state index in [1.54, 1.807) is 0 Å². The number of hydrogen-bond acceptors (Lipinski definition) is 4. The fourth-order valence-corrected chi connectivity index (χ4v) is 4.99.